The van der Waals surface area contributed by atoms with Crippen LogP contribution in [0.5, 0.6) is 0 Å². The number of carbonyl (C=O) groups excluding carboxylic acids is 1. The topological polar surface area (TPSA) is 35.6 Å². The molecular weight excluding hydrogens is 250 g/mol. The summed E-state index contributed by atoms with van der Waals surface area (Å²) in [6, 6.07) is 11.0. The molecular formula is C16H23N3O. The lowest BCUT2D eigenvalue weighted by Crippen LogP contribution is -2.54. The summed E-state index contributed by atoms with van der Waals surface area (Å²) in [7, 11) is 0. The molecule has 1 heterocycles. The van der Waals surface area contributed by atoms with Gasteiger partial charge in [0.1, 0.15) is 0 Å². The first kappa shape index (κ1) is 13.4. The number of carbonyl (C=O) groups is 1. The molecule has 1 amide bonds. The van der Waals surface area contributed by atoms with Crippen LogP contribution in [0, 0.1) is 0 Å². The molecule has 1 aliphatic carbocycles. The van der Waals surface area contributed by atoms with Gasteiger partial charge in [-0.3, -0.25) is 9.69 Å². The van der Waals surface area contributed by atoms with Gasteiger partial charge in [-0.15, -0.1) is 0 Å². The van der Waals surface area contributed by atoms with E-state index in [-0.39, 0.29) is 11.9 Å². The van der Waals surface area contributed by atoms with Crippen LogP contribution in [0.3, 0.4) is 0 Å². The minimum atomic E-state index is -0.00600. The first-order valence-electron chi connectivity index (χ1n) is 7.58. The molecule has 1 aromatic carbocycles. The summed E-state index contributed by atoms with van der Waals surface area (Å²) in [5, 5.41) is 3.10. The maximum Gasteiger partial charge on any atom is 0.237 e. The highest BCUT2D eigenvalue weighted by Crippen LogP contribution is 2.20. The van der Waals surface area contributed by atoms with Crippen molar-refractivity contribution in [1.82, 2.24) is 10.2 Å². The van der Waals surface area contributed by atoms with Crippen LogP contribution in [0.15, 0.2) is 30.3 Å². The molecule has 1 aromatic rings. The Kier molecular flexibility index (Phi) is 3.92. The number of nitrogens with zero attached hydrogens (tertiary/aromatic N) is 2. The van der Waals surface area contributed by atoms with E-state index in [9.17, 15) is 4.79 Å². The van der Waals surface area contributed by atoms with E-state index in [0.717, 1.165) is 39.0 Å². The average molecular weight is 273 g/mol. The lowest BCUT2D eigenvalue weighted by molar-refractivity contribution is -0.126. The molecule has 1 aliphatic heterocycles. The molecule has 1 saturated carbocycles. The van der Waals surface area contributed by atoms with Crippen LogP contribution in [0.1, 0.15) is 19.8 Å². The fourth-order valence-electron chi connectivity index (χ4n) is 2.72. The predicted molar refractivity (Wildman–Crippen MR) is 80.9 cm³/mol. The van der Waals surface area contributed by atoms with Gasteiger partial charge >= 0.3 is 0 Å². The van der Waals surface area contributed by atoms with Gasteiger partial charge in [0.25, 0.3) is 0 Å². The Morgan fingerprint density at radius 3 is 2.40 bits per heavy atom. The zero-order chi connectivity index (χ0) is 13.9. The van der Waals surface area contributed by atoms with Crippen LogP contribution in [0.25, 0.3) is 0 Å². The monoisotopic (exact) mass is 273 g/mol. The van der Waals surface area contributed by atoms with Crippen molar-refractivity contribution in [3.05, 3.63) is 30.3 Å². The van der Waals surface area contributed by atoms with Crippen LogP contribution >= 0.6 is 0 Å². The Balaban J connectivity index is 1.51. The lowest BCUT2D eigenvalue weighted by atomic mass is 10.2. The van der Waals surface area contributed by atoms with Crippen molar-refractivity contribution >= 4 is 11.6 Å². The van der Waals surface area contributed by atoms with Crippen molar-refractivity contribution in [2.75, 3.05) is 31.1 Å². The van der Waals surface area contributed by atoms with Crippen LogP contribution < -0.4 is 10.2 Å². The molecule has 2 aliphatic rings. The highest BCUT2D eigenvalue weighted by Gasteiger charge is 2.29. The number of piperazine rings is 1. The number of benzene rings is 1. The van der Waals surface area contributed by atoms with Crippen molar-refractivity contribution in [3.8, 4) is 0 Å². The largest absolute Gasteiger partial charge is 0.369 e. The maximum atomic E-state index is 12.1. The average Bonchev–Trinajstić information content (AvgIpc) is 3.31. The molecule has 0 aromatic heterocycles. The highest BCUT2D eigenvalue weighted by molar-refractivity contribution is 5.81. The molecule has 20 heavy (non-hydrogen) atoms. The molecule has 3 rings (SSSR count). The number of para-hydroxylation sites is 1. The first-order chi connectivity index (χ1) is 9.74. The summed E-state index contributed by atoms with van der Waals surface area (Å²) in [6.45, 7) is 5.91. The maximum absolute atomic E-state index is 12.1. The Bertz CT molecular complexity index is 450. The third-order valence-corrected chi connectivity index (χ3v) is 4.29. The van der Waals surface area contributed by atoms with E-state index in [1.165, 1.54) is 5.69 Å². The van der Waals surface area contributed by atoms with Crippen LogP contribution in [0.2, 0.25) is 0 Å². The Hall–Kier alpha value is -1.55. The predicted octanol–water partition coefficient (Wildman–Crippen LogP) is 1.48. The third-order valence-electron chi connectivity index (χ3n) is 4.29. The summed E-state index contributed by atoms with van der Waals surface area (Å²) in [5.41, 5.74) is 1.28. The second kappa shape index (κ2) is 5.83. The number of anilines is 1. The molecule has 1 saturated heterocycles. The first-order valence-corrected chi connectivity index (χ1v) is 7.58. The van der Waals surface area contributed by atoms with Gasteiger partial charge in [0, 0.05) is 37.9 Å². The normalized spacial score (nSPS) is 21.6. The van der Waals surface area contributed by atoms with Crippen molar-refractivity contribution in [2.45, 2.75) is 31.8 Å². The molecule has 4 nitrogen and oxygen atoms in total. The van der Waals surface area contributed by atoms with E-state index >= 15 is 0 Å². The summed E-state index contributed by atoms with van der Waals surface area (Å²) in [4.78, 5) is 16.8. The highest BCUT2D eigenvalue weighted by atomic mass is 16.2. The van der Waals surface area contributed by atoms with Gasteiger partial charge < -0.3 is 10.2 Å². The number of amides is 1. The Morgan fingerprint density at radius 1 is 1.15 bits per heavy atom. The van der Waals surface area contributed by atoms with Gasteiger partial charge in [0.05, 0.1) is 6.04 Å². The van der Waals surface area contributed by atoms with E-state index < -0.39 is 0 Å². The van der Waals surface area contributed by atoms with E-state index in [0.29, 0.717) is 6.04 Å². The molecule has 4 heteroatoms. The fourth-order valence-corrected chi connectivity index (χ4v) is 2.72. The zero-order valence-corrected chi connectivity index (χ0v) is 12.1. The minimum Gasteiger partial charge on any atom is -0.369 e. The smallest absolute Gasteiger partial charge is 0.237 e. The zero-order valence-electron chi connectivity index (χ0n) is 12.1. The summed E-state index contributed by atoms with van der Waals surface area (Å²) < 4.78 is 0. The van der Waals surface area contributed by atoms with E-state index in [1.807, 2.05) is 13.0 Å². The van der Waals surface area contributed by atoms with E-state index in [2.05, 4.69) is 39.4 Å². The van der Waals surface area contributed by atoms with Gasteiger partial charge in [0.15, 0.2) is 0 Å². The second-order valence-corrected chi connectivity index (χ2v) is 5.82. The van der Waals surface area contributed by atoms with Crippen molar-refractivity contribution in [1.29, 1.82) is 0 Å². The van der Waals surface area contributed by atoms with E-state index in [4.69, 9.17) is 0 Å². The second-order valence-electron chi connectivity index (χ2n) is 5.82. The molecule has 0 radical (unpaired) electrons. The number of hydrogen-bond acceptors (Lipinski definition) is 3. The quantitative estimate of drug-likeness (QED) is 0.902. The van der Waals surface area contributed by atoms with Gasteiger partial charge in [-0.25, -0.2) is 0 Å². The Morgan fingerprint density at radius 2 is 1.80 bits per heavy atom. The van der Waals surface area contributed by atoms with Crippen LogP contribution in [-0.2, 0) is 4.79 Å². The Labute approximate surface area is 120 Å². The summed E-state index contributed by atoms with van der Waals surface area (Å²) in [6.07, 6.45) is 2.31. The minimum absolute atomic E-state index is 0.00600. The van der Waals surface area contributed by atoms with Crippen molar-refractivity contribution < 1.29 is 4.79 Å². The van der Waals surface area contributed by atoms with Crippen LogP contribution in [-0.4, -0.2) is 49.1 Å². The molecule has 1 N–H and O–H groups in total. The van der Waals surface area contributed by atoms with Crippen molar-refractivity contribution in [3.63, 3.8) is 0 Å². The number of rotatable bonds is 4. The third kappa shape index (κ3) is 3.12. The van der Waals surface area contributed by atoms with Gasteiger partial charge in [-0.05, 0) is 31.9 Å². The molecule has 1 unspecified atom stereocenters. The standard InChI is InChI=1S/C16H23N3O/c1-13(16(20)17-14-7-8-14)18-9-11-19(12-10-18)15-5-3-2-4-6-15/h2-6,13-14H,7-12H2,1H3,(H,17,20). The number of nitrogens with one attached hydrogen (secondary N) is 1. The van der Waals surface area contributed by atoms with Crippen molar-refractivity contribution in [2.24, 2.45) is 0 Å². The molecule has 1 atom stereocenters. The van der Waals surface area contributed by atoms with Gasteiger partial charge in [0.2, 0.25) is 5.91 Å². The van der Waals surface area contributed by atoms with Crippen LogP contribution in [0.4, 0.5) is 5.69 Å². The molecule has 2 fully saturated rings. The number of hydrogen-bond donors (Lipinski definition) is 1. The summed E-state index contributed by atoms with van der Waals surface area (Å²) in [5.74, 6) is 0.195. The fraction of sp³-hybridized carbons (Fsp3) is 0.562. The molecule has 108 valence electrons. The van der Waals surface area contributed by atoms with Gasteiger partial charge in [-0.1, -0.05) is 18.2 Å². The molecule has 0 spiro atoms. The SMILES string of the molecule is CC(C(=O)NC1CC1)N1CCN(c2ccccc2)CC1. The molecule has 0 bridgehead atoms. The van der Waals surface area contributed by atoms with E-state index in [1.54, 1.807) is 0 Å². The lowest BCUT2D eigenvalue weighted by Gasteiger charge is -2.38. The van der Waals surface area contributed by atoms with Gasteiger partial charge in [-0.2, -0.15) is 0 Å². The summed E-state index contributed by atoms with van der Waals surface area (Å²) >= 11 is 0.